The second kappa shape index (κ2) is 9.41. The smallest absolute Gasteiger partial charge is 0.350 e. The molecule has 2 heterocycles. The fourth-order valence-electron chi connectivity index (χ4n) is 4.11. The van der Waals surface area contributed by atoms with Crippen LogP contribution < -0.4 is 20.5 Å². The van der Waals surface area contributed by atoms with Gasteiger partial charge in [-0.1, -0.05) is 17.7 Å². The second-order valence-electron chi connectivity index (χ2n) is 7.47. The number of benzene rings is 2. The van der Waals surface area contributed by atoms with Gasteiger partial charge in [-0.25, -0.2) is 4.79 Å². The monoisotopic (exact) mass is 445 g/mol. The SMILES string of the molecule is COc1cc2c(cc1OC)-c1cc(Nc3c(C)cc(C)cc3C)nc(=O)n1CC2.Cl.O. The first-order valence-electron chi connectivity index (χ1n) is 9.63. The molecule has 4 rings (SSSR count). The number of nitrogens with one attached hydrogen (secondary N) is 1. The number of nitrogens with zero attached hydrogens (tertiary/aromatic N) is 2. The Morgan fingerprint density at radius 2 is 1.58 bits per heavy atom. The van der Waals surface area contributed by atoms with Crippen LogP contribution in [0.3, 0.4) is 0 Å². The Kier molecular flexibility index (Phi) is 7.36. The van der Waals surface area contributed by atoms with E-state index in [-0.39, 0.29) is 23.6 Å². The van der Waals surface area contributed by atoms with Crippen LogP contribution in [-0.4, -0.2) is 29.2 Å². The number of fused-ring (bicyclic) bond motifs is 3. The number of hydrogen-bond acceptors (Lipinski definition) is 5. The summed E-state index contributed by atoms with van der Waals surface area (Å²) in [4.78, 5) is 17.0. The van der Waals surface area contributed by atoms with Crippen molar-refractivity contribution in [1.82, 2.24) is 9.55 Å². The van der Waals surface area contributed by atoms with Gasteiger partial charge in [0.05, 0.1) is 19.9 Å². The summed E-state index contributed by atoms with van der Waals surface area (Å²) in [6.45, 7) is 6.78. The number of halogens is 1. The molecule has 7 nitrogen and oxygen atoms in total. The third-order valence-corrected chi connectivity index (χ3v) is 5.43. The number of anilines is 2. The van der Waals surface area contributed by atoms with E-state index in [1.165, 1.54) is 5.56 Å². The Morgan fingerprint density at radius 1 is 0.968 bits per heavy atom. The van der Waals surface area contributed by atoms with Crippen LogP contribution in [0.4, 0.5) is 11.5 Å². The maximum Gasteiger partial charge on any atom is 0.350 e. The molecule has 0 saturated heterocycles. The van der Waals surface area contributed by atoms with Gasteiger partial charge < -0.3 is 20.3 Å². The molecular formula is C23H28ClN3O4. The predicted octanol–water partition coefficient (Wildman–Crippen LogP) is 3.75. The molecule has 0 fully saturated rings. The van der Waals surface area contributed by atoms with E-state index in [0.29, 0.717) is 23.9 Å². The maximum atomic E-state index is 12.7. The second-order valence-corrected chi connectivity index (χ2v) is 7.47. The molecule has 0 saturated carbocycles. The molecule has 0 unspecified atom stereocenters. The number of ether oxygens (including phenoxy) is 2. The molecule has 2 aromatic carbocycles. The zero-order chi connectivity index (χ0) is 20.7. The molecular weight excluding hydrogens is 418 g/mol. The first-order valence-corrected chi connectivity index (χ1v) is 9.63. The van der Waals surface area contributed by atoms with Gasteiger partial charge >= 0.3 is 5.69 Å². The van der Waals surface area contributed by atoms with E-state index in [1.807, 2.05) is 18.2 Å². The number of aromatic nitrogens is 2. The van der Waals surface area contributed by atoms with Gasteiger partial charge in [0, 0.05) is 23.9 Å². The van der Waals surface area contributed by atoms with Crippen molar-refractivity contribution in [2.24, 2.45) is 0 Å². The van der Waals surface area contributed by atoms with E-state index < -0.39 is 0 Å². The highest BCUT2D eigenvalue weighted by Crippen LogP contribution is 2.38. The molecule has 1 aliphatic heterocycles. The normalized spacial score (nSPS) is 11.4. The van der Waals surface area contributed by atoms with Gasteiger partial charge in [-0.2, -0.15) is 4.98 Å². The lowest BCUT2D eigenvalue weighted by Crippen LogP contribution is -2.28. The summed E-state index contributed by atoms with van der Waals surface area (Å²) in [5.74, 6) is 1.88. The van der Waals surface area contributed by atoms with Crippen LogP contribution in [-0.2, 0) is 13.0 Å². The van der Waals surface area contributed by atoms with Gasteiger partial charge in [0.2, 0.25) is 0 Å². The van der Waals surface area contributed by atoms with Crippen LogP contribution in [0.1, 0.15) is 22.3 Å². The van der Waals surface area contributed by atoms with Crippen LogP contribution in [0, 0.1) is 20.8 Å². The quantitative estimate of drug-likeness (QED) is 0.659. The Morgan fingerprint density at radius 3 is 2.19 bits per heavy atom. The average molecular weight is 446 g/mol. The lowest BCUT2D eigenvalue weighted by atomic mass is 9.96. The molecule has 0 radical (unpaired) electrons. The molecule has 0 aliphatic carbocycles. The third-order valence-electron chi connectivity index (χ3n) is 5.43. The summed E-state index contributed by atoms with van der Waals surface area (Å²) >= 11 is 0. The van der Waals surface area contributed by atoms with Crippen LogP contribution >= 0.6 is 12.4 Å². The van der Waals surface area contributed by atoms with Crippen molar-refractivity contribution in [3.63, 3.8) is 0 Å². The van der Waals surface area contributed by atoms with Gasteiger partial charge in [0.15, 0.2) is 11.5 Å². The van der Waals surface area contributed by atoms with Crippen molar-refractivity contribution in [2.75, 3.05) is 19.5 Å². The maximum absolute atomic E-state index is 12.7. The minimum atomic E-state index is -0.257. The zero-order valence-electron chi connectivity index (χ0n) is 18.3. The van der Waals surface area contributed by atoms with Crippen molar-refractivity contribution in [1.29, 1.82) is 0 Å². The number of aryl methyl sites for hydroxylation is 4. The van der Waals surface area contributed by atoms with E-state index in [0.717, 1.165) is 40.1 Å². The van der Waals surface area contributed by atoms with Gasteiger partial charge in [-0.05, 0) is 56.0 Å². The summed E-state index contributed by atoms with van der Waals surface area (Å²) in [5, 5.41) is 3.36. The van der Waals surface area contributed by atoms with Crippen LogP contribution in [0.15, 0.2) is 35.1 Å². The Balaban J connectivity index is 0.00000171. The minimum Gasteiger partial charge on any atom is -0.493 e. The van der Waals surface area contributed by atoms with Gasteiger partial charge in [0.25, 0.3) is 0 Å². The van der Waals surface area contributed by atoms with Gasteiger partial charge in [-0.3, -0.25) is 4.57 Å². The Hall–Kier alpha value is -3.03. The largest absolute Gasteiger partial charge is 0.493 e. The van der Waals surface area contributed by atoms with Gasteiger partial charge in [0.1, 0.15) is 5.82 Å². The third kappa shape index (κ3) is 4.38. The van der Waals surface area contributed by atoms with E-state index in [1.54, 1.807) is 18.8 Å². The standard InChI is InChI=1S/C23H25N3O3.ClH.H2O/c1-13-8-14(2)22(15(3)9-13)24-21-12-18-17-11-20(29-5)19(28-4)10-16(17)6-7-26(18)23(27)25-21;;/h8-12H,6-7H2,1-5H3,(H,24,25,27);1H;1H2. The fourth-order valence-corrected chi connectivity index (χ4v) is 4.11. The first-order chi connectivity index (χ1) is 13.9. The molecule has 8 heteroatoms. The molecule has 0 bridgehead atoms. The molecule has 0 spiro atoms. The highest BCUT2D eigenvalue weighted by Gasteiger charge is 2.22. The molecule has 1 aromatic heterocycles. The first kappa shape index (κ1) is 24.2. The summed E-state index contributed by atoms with van der Waals surface area (Å²) in [7, 11) is 3.24. The van der Waals surface area contributed by atoms with Crippen molar-refractivity contribution in [3.8, 4) is 22.8 Å². The zero-order valence-corrected chi connectivity index (χ0v) is 19.1. The predicted molar refractivity (Wildman–Crippen MR) is 126 cm³/mol. The number of hydrogen-bond donors (Lipinski definition) is 1. The topological polar surface area (TPSA) is 96.9 Å². The van der Waals surface area contributed by atoms with Crippen molar-refractivity contribution in [3.05, 3.63) is 63.1 Å². The lowest BCUT2D eigenvalue weighted by molar-refractivity contribution is 0.354. The molecule has 1 aliphatic rings. The van der Waals surface area contributed by atoms with Crippen molar-refractivity contribution < 1.29 is 14.9 Å². The Bertz CT molecular complexity index is 1150. The van der Waals surface area contributed by atoms with Crippen LogP contribution in [0.5, 0.6) is 11.5 Å². The minimum absolute atomic E-state index is 0. The highest BCUT2D eigenvalue weighted by molar-refractivity contribution is 5.85. The fraction of sp³-hybridized carbons (Fsp3) is 0.304. The van der Waals surface area contributed by atoms with Crippen molar-refractivity contribution in [2.45, 2.75) is 33.7 Å². The molecule has 3 aromatic rings. The molecule has 3 N–H and O–H groups in total. The van der Waals surface area contributed by atoms with E-state index >= 15 is 0 Å². The van der Waals surface area contributed by atoms with Crippen LogP contribution in [0.2, 0.25) is 0 Å². The molecule has 166 valence electrons. The molecule has 0 amide bonds. The highest BCUT2D eigenvalue weighted by atomic mass is 35.5. The molecule has 0 atom stereocenters. The lowest BCUT2D eigenvalue weighted by Gasteiger charge is -2.24. The van der Waals surface area contributed by atoms with Gasteiger partial charge in [-0.15, -0.1) is 12.4 Å². The molecule has 31 heavy (non-hydrogen) atoms. The number of rotatable bonds is 4. The van der Waals surface area contributed by atoms with E-state index in [4.69, 9.17) is 9.47 Å². The summed E-state index contributed by atoms with van der Waals surface area (Å²) in [6.07, 6.45) is 0.743. The number of methoxy groups -OCH3 is 2. The van der Waals surface area contributed by atoms with Crippen LogP contribution in [0.25, 0.3) is 11.3 Å². The average Bonchev–Trinajstić information content (AvgIpc) is 2.69. The van der Waals surface area contributed by atoms with E-state index in [2.05, 4.69) is 43.2 Å². The van der Waals surface area contributed by atoms with Crippen molar-refractivity contribution >= 4 is 23.9 Å². The summed E-state index contributed by atoms with van der Waals surface area (Å²) in [6, 6.07) is 10.1. The summed E-state index contributed by atoms with van der Waals surface area (Å²) < 4.78 is 12.6. The Labute approximate surface area is 187 Å². The van der Waals surface area contributed by atoms with E-state index in [9.17, 15) is 4.79 Å². The summed E-state index contributed by atoms with van der Waals surface area (Å²) in [5.41, 5.74) is 7.10.